The highest BCUT2D eigenvalue weighted by atomic mass is 16.1. The van der Waals surface area contributed by atoms with Crippen LogP contribution >= 0.6 is 0 Å². The van der Waals surface area contributed by atoms with Crippen molar-refractivity contribution in [1.82, 2.24) is 0 Å². The van der Waals surface area contributed by atoms with Crippen molar-refractivity contribution < 1.29 is 4.79 Å². The van der Waals surface area contributed by atoms with Crippen LogP contribution in [0.1, 0.15) is 16.8 Å². The molecule has 0 aliphatic heterocycles. The summed E-state index contributed by atoms with van der Waals surface area (Å²) < 4.78 is 0. The van der Waals surface area contributed by atoms with Gasteiger partial charge in [-0.2, -0.15) is 0 Å². The number of Topliss-reactive ketones (excluding diaryl/α,β-unsaturated/α-hetero) is 1. The van der Waals surface area contributed by atoms with Crippen molar-refractivity contribution in [2.24, 2.45) is 0 Å². The minimum atomic E-state index is 0.00750. The van der Waals surface area contributed by atoms with Gasteiger partial charge in [0.2, 0.25) is 0 Å². The van der Waals surface area contributed by atoms with Crippen molar-refractivity contribution >= 4 is 5.78 Å². The van der Waals surface area contributed by atoms with Crippen LogP contribution in [0.5, 0.6) is 0 Å². The molecule has 1 rings (SSSR count). The molecule has 0 unspecified atom stereocenters. The molecule has 1 nitrogen and oxygen atoms in total. The van der Waals surface area contributed by atoms with Gasteiger partial charge in [-0.3, -0.25) is 4.79 Å². The van der Waals surface area contributed by atoms with Crippen molar-refractivity contribution in [3.8, 4) is 12.3 Å². The standard InChI is InChI=1S/C10H8O/c1-2-6-10(11)9-7-4-3-5-8-9/h1,3-5,7-8H,6H2. The molecule has 11 heavy (non-hydrogen) atoms. The molecule has 0 saturated carbocycles. The topological polar surface area (TPSA) is 17.1 Å². The molecular weight excluding hydrogens is 136 g/mol. The number of carbonyl (C=O) groups excluding carboxylic acids is 1. The smallest absolute Gasteiger partial charge is 0.174 e. The van der Waals surface area contributed by atoms with Gasteiger partial charge in [0.15, 0.2) is 5.78 Å². The molecule has 0 bridgehead atoms. The summed E-state index contributed by atoms with van der Waals surface area (Å²) in [7, 11) is 0. The highest BCUT2D eigenvalue weighted by molar-refractivity contribution is 5.97. The van der Waals surface area contributed by atoms with Crippen LogP contribution < -0.4 is 0 Å². The van der Waals surface area contributed by atoms with E-state index in [1.54, 1.807) is 12.1 Å². The molecule has 1 heteroatoms. The van der Waals surface area contributed by atoms with Crippen LogP contribution in [0.25, 0.3) is 0 Å². The molecule has 0 heterocycles. The average molecular weight is 144 g/mol. The van der Waals surface area contributed by atoms with Crippen LogP contribution in [0.4, 0.5) is 0 Å². The summed E-state index contributed by atoms with van der Waals surface area (Å²) in [5, 5.41) is 0. The third-order valence-corrected chi connectivity index (χ3v) is 1.36. The zero-order chi connectivity index (χ0) is 8.10. The van der Waals surface area contributed by atoms with Crippen LogP contribution in [0.2, 0.25) is 0 Å². The first kappa shape index (κ1) is 7.56. The Hall–Kier alpha value is -1.55. The summed E-state index contributed by atoms with van der Waals surface area (Å²) in [6, 6.07) is 9.04. The van der Waals surface area contributed by atoms with E-state index < -0.39 is 0 Å². The van der Waals surface area contributed by atoms with Crippen LogP contribution in [0.15, 0.2) is 30.3 Å². The first-order chi connectivity index (χ1) is 5.34. The van der Waals surface area contributed by atoms with E-state index in [4.69, 9.17) is 6.42 Å². The quantitative estimate of drug-likeness (QED) is 0.457. The second-order valence-electron chi connectivity index (χ2n) is 2.17. The minimum Gasteiger partial charge on any atom is -0.293 e. The maximum Gasteiger partial charge on any atom is 0.174 e. The number of hydrogen-bond donors (Lipinski definition) is 0. The Labute approximate surface area is 66.1 Å². The lowest BCUT2D eigenvalue weighted by molar-refractivity contribution is 0.0998. The highest BCUT2D eigenvalue weighted by Crippen LogP contribution is 2.01. The van der Waals surface area contributed by atoms with E-state index in [-0.39, 0.29) is 12.2 Å². The molecule has 1 aromatic carbocycles. The van der Waals surface area contributed by atoms with Gasteiger partial charge in [0.05, 0.1) is 6.42 Å². The maximum absolute atomic E-state index is 11.1. The van der Waals surface area contributed by atoms with Crippen molar-refractivity contribution in [2.45, 2.75) is 6.42 Å². The normalized spacial score (nSPS) is 8.64. The molecule has 0 fully saturated rings. The lowest BCUT2D eigenvalue weighted by Gasteiger charge is -1.93. The molecule has 0 aliphatic carbocycles. The number of carbonyl (C=O) groups is 1. The third-order valence-electron chi connectivity index (χ3n) is 1.36. The molecule has 1 aromatic rings. The second kappa shape index (κ2) is 3.58. The van der Waals surface area contributed by atoms with E-state index in [1.165, 1.54) is 0 Å². The van der Waals surface area contributed by atoms with Gasteiger partial charge in [-0.05, 0) is 0 Å². The summed E-state index contributed by atoms with van der Waals surface area (Å²) in [6.45, 7) is 0. The zero-order valence-corrected chi connectivity index (χ0v) is 6.08. The Balaban J connectivity index is 2.79. The summed E-state index contributed by atoms with van der Waals surface area (Å²) in [5.41, 5.74) is 0.686. The van der Waals surface area contributed by atoms with Crippen molar-refractivity contribution in [3.63, 3.8) is 0 Å². The van der Waals surface area contributed by atoms with Crippen LogP contribution in [0, 0.1) is 12.3 Å². The van der Waals surface area contributed by atoms with E-state index in [0.717, 1.165) is 0 Å². The average Bonchev–Trinajstić information content (AvgIpc) is 2.07. The Morgan fingerprint density at radius 1 is 1.36 bits per heavy atom. The van der Waals surface area contributed by atoms with Crippen LogP contribution in [-0.4, -0.2) is 5.78 Å². The van der Waals surface area contributed by atoms with Gasteiger partial charge < -0.3 is 0 Å². The molecule has 0 radical (unpaired) electrons. The van der Waals surface area contributed by atoms with Gasteiger partial charge in [0.1, 0.15) is 0 Å². The molecule has 0 aromatic heterocycles. The molecule has 0 saturated heterocycles. The second-order valence-corrected chi connectivity index (χ2v) is 2.17. The lowest BCUT2D eigenvalue weighted by Crippen LogP contribution is -1.95. The first-order valence-electron chi connectivity index (χ1n) is 3.36. The summed E-state index contributed by atoms with van der Waals surface area (Å²) in [4.78, 5) is 11.1. The minimum absolute atomic E-state index is 0.00750. The Morgan fingerprint density at radius 3 is 2.55 bits per heavy atom. The monoisotopic (exact) mass is 144 g/mol. The SMILES string of the molecule is C#CCC(=O)c1ccccc1. The fourth-order valence-corrected chi connectivity index (χ4v) is 0.819. The predicted octanol–water partition coefficient (Wildman–Crippen LogP) is 1.89. The summed E-state index contributed by atoms with van der Waals surface area (Å²) >= 11 is 0. The van der Waals surface area contributed by atoms with Crippen LogP contribution in [0.3, 0.4) is 0 Å². The van der Waals surface area contributed by atoms with E-state index in [9.17, 15) is 4.79 Å². The molecule has 0 amide bonds. The lowest BCUT2D eigenvalue weighted by atomic mass is 10.1. The fraction of sp³-hybridized carbons (Fsp3) is 0.100. The Morgan fingerprint density at radius 2 is 2.00 bits per heavy atom. The van der Waals surface area contributed by atoms with Gasteiger partial charge in [0, 0.05) is 5.56 Å². The molecule has 0 atom stereocenters. The number of benzene rings is 1. The van der Waals surface area contributed by atoms with Crippen molar-refractivity contribution in [2.75, 3.05) is 0 Å². The third kappa shape index (κ3) is 1.94. The van der Waals surface area contributed by atoms with E-state index in [2.05, 4.69) is 5.92 Å². The maximum atomic E-state index is 11.1. The van der Waals surface area contributed by atoms with E-state index >= 15 is 0 Å². The molecule has 0 aliphatic rings. The number of terminal acetylenes is 1. The van der Waals surface area contributed by atoms with E-state index in [0.29, 0.717) is 5.56 Å². The van der Waals surface area contributed by atoms with Gasteiger partial charge in [0.25, 0.3) is 0 Å². The molecule has 0 N–H and O–H groups in total. The van der Waals surface area contributed by atoms with Crippen molar-refractivity contribution in [3.05, 3.63) is 35.9 Å². The molecule has 0 spiro atoms. The Kier molecular flexibility index (Phi) is 2.46. The fourth-order valence-electron chi connectivity index (χ4n) is 0.819. The largest absolute Gasteiger partial charge is 0.293 e. The summed E-state index contributed by atoms with van der Waals surface area (Å²) in [5.74, 6) is 2.32. The summed E-state index contributed by atoms with van der Waals surface area (Å²) in [6.07, 6.45) is 5.18. The number of rotatable bonds is 2. The molecule has 54 valence electrons. The number of ketones is 1. The zero-order valence-electron chi connectivity index (χ0n) is 6.08. The predicted molar refractivity (Wildman–Crippen MR) is 44.2 cm³/mol. The first-order valence-corrected chi connectivity index (χ1v) is 3.36. The van der Waals surface area contributed by atoms with Gasteiger partial charge in [-0.1, -0.05) is 36.3 Å². The van der Waals surface area contributed by atoms with Gasteiger partial charge in [-0.15, -0.1) is 6.42 Å². The molecular formula is C10H8O. The van der Waals surface area contributed by atoms with Gasteiger partial charge in [-0.25, -0.2) is 0 Å². The van der Waals surface area contributed by atoms with Crippen molar-refractivity contribution in [1.29, 1.82) is 0 Å². The number of hydrogen-bond acceptors (Lipinski definition) is 1. The van der Waals surface area contributed by atoms with Crippen LogP contribution in [-0.2, 0) is 0 Å². The Bertz CT molecular complexity index is 279. The highest BCUT2D eigenvalue weighted by Gasteiger charge is 2.00. The van der Waals surface area contributed by atoms with Gasteiger partial charge >= 0.3 is 0 Å². The van der Waals surface area contributed by atoms with E-state index in [1.807, 2.05) is 18.2 Å².